The summed E-state index contributed by atoms with van der Waals surface area (Å²) in [6.45, 7) is 4.05. The third-order valence-corrected chi connectivity index (χ3v) is 4.01. The second-order valence-corrected chi connectivity index (χ2v) is 6.76. The first-order valence-corrected chi connectivity index (χ1v) is 7.58. The van der Waals surface area contributed by atoms with Gasteiger partial charge in [0, 0.05) is 11.6 Å². The summed E-state index contributed by atoms with van der Waals surface area (Å²) in [4.78, 5) is 4.61. The molecule has 0 saturated heterocycles. The standard InChI is InChI=1S/C13H16N2O2S/c1-8(2)11-7-9-6-10(18(3,16)17)4-5-12(9)15-13(11)14/h4-8H,1-3H3,(H2,14,15). The van der Waals surface area contributed by atoms with Crippen LogP contribution in [0.3, 0.4) is 0 Å². The molecule has 0 bridgehead atoms. The number of nitrogens with zero attached hydrogens (tertiary/aromatic N) is 1. The Hall–Kier alpha value is -1.62. The number of sulfone groups is 1. The minimum Gasteiger partial charge on any atom is -0.383 e. The van der Waals surface area contributed by atoms with Gasteiger partial charge in [0.2, 0.25) is 0 Å². The first-order valence-electron chi connectivity index (χ1n) is 5.69. The van der Waals surface area contributed by atoms with E-state index in [1.54, 1.807) is 18.2 Å². The Balaban J connectivity index is 2.73. The maximum atomic E-state index is 11.5. The fourth-order valence-electron chi connectivity index (χ4n) is 1.88. The Morgan fingerprint density at radius 1 is 1.22 bits per heavy atom. The highest BCUT2D eigenvalue weighted by Gasteiger charge is 2.11. The number of hydrogen-bond acceptors (Lipinski definition) is 4. The van der Waals surface area contributed by atoms with Crippen molar-refractivity contribution in [1.82, 2.24) is 4.98 Å². The van der Waals surface area contributed by atoms with Crippen molar-refractivity contribution in [2.24, 2.45) is 0 Å². The van der Waals surface area contributed by atoms with Gasteiger partial charge >= 0.3 is 0 Å². The minimum absolute atomic E-state index is 0.254. The summed E-state index contributed by atoms with van der Waals surface area (Å²) in [6, 6.07) is 6.80. The van der Waals surface area contributed by atoms with Gasteiger partial charge in [-0.3, -0.25) is 0 Å². The third kappa shape index (κ3) is 2.31. The number of anilines is 1. The Labute approximate surface area is 107 Å². The van der Waals surface area contributed by atoms with Crippen LogP contribution in [-0.2, 0) is 9.84 Å². The van der Waals surface area contributed by atoms with Crippen molar-refractivity contribution < 1.29 is 8.42 Å². The van der Waals surface area contributed by atoms with Crippen LogP contribution in [0, 0.1) is 0 Å². The molecule has 0 aliphatic rings. The van der Waals surface area contributed by atoms with E-state index in [9.17, 15) is 8.42 Å². The number of benzene rings is 1. The molecular weight excluding hydrogens is 248 g/mol. The molecule has 0 saturated carbocycles. The molecule has 0 spiro atoms. The number of hydrogen-bond donors (Lipinski definition) is 1. The highest BCUT2D eigenvalue weighted by Crippen LogP contribution is 2.26. The second-order valence-electron chi connectivity index (χ2n) is 4.74. The maximum Gasteiger partial charge on any atom is 0.175 e. The molecule has 0 fully saturated rings. The summed E-state index contributed by atoms with van der Waals surface area (Å²) in [7, 11) is -3.20. The van der Waals surface area contributed by atoms with Gasteiger partial charge < -0.3 is 5.73 Å². The lowest BCUT2D eigenvalue weighted by atomic mass is 10.0. The fourth-order valence-corrected chi connectivity index (χ4v) is 2.54. The molecule has 96 valence electrons. The number of nitrogen functional groups attached to an aromatic ring is 1. The molecule has 1 aromatic carbocycles. The quantitative estimate of drug-likeness (QED) is 0.903. The Kier molecular flexibility index (Phi) is 3.02. The summed E-state index contributed by atoms with van der Waals surface area (Å²) in [5.74, 6) is 0.758. The smallest absolute Gasteiger partial charge is 0.175 e. The van der Waals surface area contributed by atoms with Crippen molar-refractivity contribution in [3.05, 3.63) is 29.8 Å². The van der Waals surface area contributed by atoms with Crippen LogP contribution < -0.4 is 5.73 Å². The zero-order valence-corrected chi connectivity index (χ0v) is 11.5. The molecule has 0 radical (unpaired) electrons. The SMILES string of the molecule is CC(C)c1cc2cc(S(C)(=O)=O)ccc2nc1N. The predicted octanol–water partition coefficient (Wildman–Crippen LogP) is 2.34. The van der Waals surface area contributed by atoms with Crippen molar-refractivity contribution in [3.8, 4) is 0 Å². The number of pyridine rings is 1. The van der Waals surface area contributed by atoms with E-state index in [1.807, 2.05) is 19.9 Å². The highest BCUT2D eigenvalue weighted by molar-refractivity contribution is 7.90. The third-order valence-electron chi connectivity index (χ3n) is 2.90. The van der Waals surface area contributed by atoms with Gasteiger partial charge in [0.15, 0.2) is 9.84 Å². The molecule has 0 aliphatic heterocycles. The molecule has 18 heavy (non-hydrogen) atoms. The molecule has 1 heterocycles. The lowest BCUT2D eigenvalue weighted by Crippen LogP contribution is -2.01. The minimum atomic E-state index is -3.20. The van der Waals surface area contributed by atoms with E-state index in [4.69, 9.17) is 5.73 Å². The molecule has 1 aromatic heterocycles. The van der Waals surface area contributed by atoms with Crippen LogP contribution in [-0.4, -0.2) is 19.7 Å². The van der Waals surface area contributed by atoms with E-state index in [-0.39, 0.29) is 5.92 Å². The monoisotopic (exact) mass is 264 g/mol. The van der Waals surface area contributed by atoms with Gasteiger partial charge in [0.05, 0.1) is 10.4 Å². The molecule has 0 unspecified atom stereocenters. The molecule has 4 nitrogen and oxygen atoms in total. The van der Waals surface area contributed by atoms with Crippen LogP contribution in [0.15, 0.2) is 29.2 Å². The molecule has 2 aromatic rings. The number of rotatable bonds is 2. The molecule has 2 rings (SSSR count). The topological polar surface area (TPSA) is 73.0 Å². The normalized spacial score (nSPS) is 12.2. The van der Waals surface area contributed by atoms with Gasteiger partial charge in [-0.15, -0.1) is 0 Å². The maximum absolute atomic E-state index is 11.5. The second kappa shape index (κ2) is 4.24. The summed E-state index contributed by atoms with van der Waals surface area (Å²) < 4.78 is 23.0. The van der Waals surface area contributed by atoms with E-state index < -0.39 is 9.84 Å². The van der Waals surface area contributed by atoms with Gasteiger partial charge in [0.1, 0.15) is 5.82 Å². The molecule has 0 aliphatic carbocycles. The molecule has 5 heteroatoms. The van der Waals surface area contributed by atoms with Crippen LogP contribution in [0.4, 0.5) is 5.82 Å². The largest absolute Gasteiger partial charge is 0.383 e. The van der Waals surface area contributed by atoms with Crippen molar-refractivity contribution in [2.75, 3.05) is 12.0 Å². The van der Waals surface area contributed by atoms with E-state index in [0.717, 1.165) is 10.9 Å². The summed E-state index contributed by atoms with van der Waals surface area (Å²) >= 11 is 0. The summed E-state index contributed by atoms with van der Waals surface area (Å²) in [5.41, 5.74) is 7.53. The average molecular weight is 264 g/mol. The number of fused-ring (bicyclic) bond motifs is 1. The van der Waals surface area contributed by atoms with Crippen LogP contribution in [0.5, 0.6) is 0 Å². The van der Waals surface area contributed by atoms with Gasteiger partial charge in [-0.2, -0.15) is 0 Å². The van der Waals surface area contributed by atoms with E-state index in [2.05, 4.69) is 4.98 Å². The first-order chi connectivity index (χ1) is 8.29. The van der Waals surface area contributed by atoms with Crippen molar-refractivity contribution in [2.45, 2.75) is 24.7 Å². The molecule has 2 N–H and O–H groups in total. The zero-order valence-electron chi connectivity index (χ0n) is 10.6. The molecular formula is C13H16N2O2S. The molecule has 0 amide bonds. The van der Waals surface area contributed by atoms with E-state index >= 15 is 0 Å². The van der Waals surface area contributed by atoms with Gasteiger partial charge in [-0.05, 0) is 35.7 Å². The van der Waals surface area contributed by atoms with Crippen molar-refractivity contribution in [1.29, 1.82) is 0 Å². The predicted molar refractivity (Wildman–Crippen MR) is 73.4 cm³/mol. The first kappa shape index (κ1) is 12.8. The average Bonchev–Trinajstić information content (AvgIpc) is 2.25. The van der Waals surface area contributed by atoms with Crippen LogP contribution >= 0.6 is 0 Å². The Morgan fingerprint density at radius 3 is 2.44 bits per heavy atom. The summed E-state index contributed by atoms with van der Waals surface area (Å²) in [5, 5.41) is 0.802. The van der Waals surface area contributed by atoms with Gasteiger partial charge in [-0.25, -0.2) is 13.4 Å². The number of aromatic nitrogens is 1. The lowest BCUT2D eigenvalue weighted by molar-refractivity contribution is 0.602. The fraction of sp³-hybridized carbons (Fsp3) is 0.308. The van der Waals surface area contributed by atoms with Crippen LogP contribution in [0.2, 0.25) is 0 Å². The van der Waals surface area contributed by atoms with E-state index in [0.29, 0.717) is 16.2 Å². The van der Waals surface area contributed by atoms with Crippen molar-refractivity contribution >= 4 is 26.6 Å². The van der Waals surface area contributed by atoms with Gasteiger partial charge in [-0.1, -0.05) is 13.8 Å². The number of nitrogens with two attached hydrogens (primary N) is 1. The van der Waals surface area contributed by atoms with Crippen molar-refractivity contribution in [3.63, 3.8) is 0 Å². The van der Waals surface area contributed by atoms with Gasteiger partial charge in [0.25, 0.3) is 0 Å². The Morgan fingerprint density at radius 2 is 1.89 bits per heavy atom. The zero-order chi connectivity index (χ0) is 13.5. The lowest BCUT2D eigenvalue weighted by Gasteiger charge is -2.10. The summed E-state index contributed by atoms with van der Waals surface area (Å²) in [6.07, 6.45) is 1.20. The highest BCUT2D eigenvalue weighted by atomic mass is 32.2. The van der Waals surface area contributed by atoms with E-state index in [1.165, 1.54) is 6.26 Å². The molecule has 0 atom stereocenters. The van der Waals surface area contributed by atoms with Crippen LogP contribution in [0.25, 0.3) is 10.9 Å². The Bertz CT molecular complexity index is 706. The van der Waals surface area contributed by atoms with Crippen LogP contribution in [0.1, 0.15) is 25.3 Å².